The Morgan fingerprint density at radius 3 is 2.57 bits per heavy atom. The van der Waals surface area contributed by atoms with Crippen molar-refractivity contribution in [1.29, 1.82) is 0 Å². The van der Waals surface area contributed by atoms with Gasteiger partial charge in [0.1, 0.15) is 10.6 Å². The van der Waals surface area contributed by atoms with Crippen LogP contribution in [0.2, 0.25) is 0 Å². The quantitative estimate of drug-likeness (QED) is 0.784. The summed E-state index contributed by atoms with van der Waals surface area (Å²) >= 11 is 0. The van der Waals surface area contributed by atoms with Crippen molar-refractivity contribution in [2.45, 2.75) is 43.7 Å². The summed E-state index contributed by atoms with van der Waals surface area (Å²) in [7, 11) is -3.91. The summed E-state index contributed by atoms with van der Waals surface area (Å²) in [6.07, 6.45) is 3.02. The molecule has 1 fully saturated rings. The Morgan fingerprint density at radius 2 is 1.91 bits per heavy atom. The van der Waals surface area contributed by atoms with Gasteiger partial charge in [-0.1, -0.05) is 12.1 Å². The van der Waals surface area contributed by atoms with E-state index in [9.17, 15) is 17.2 Å². The van der Waals surface area contributed by atoms with Crippen molar-refractivity contribution in [1.82, 2.24) is 9.62 Å². The second kappa shape index (κ2) is 8.03. The number of alkyl halides is 2. The van der Waals surface area contributed by atoms with Gasteiger partial charge in [-0.25, -0.2) is 13.1 Å². The molecule has 0 saturated carbocycles. The third-order valence-electron chi connectivity index (χ3n) is 3.79. The Kier molecular flexibility index (Phi) is 6.32. The van der Waals surface area contributed by atoms with Crippen LogP contribution in [0.3, 0.4) is 0 Å². The molecule has 1 aromatic carbocycles. The number of para-hydroxylation sites is 1. The van der Waals surface area contributed by atoms with E-state index in [1.165, 1.54) is 37.1 Å². The fraction of sp³-hybridized carbons (Fsp3) is 0.600. The Hall–Kier alpha value is -1.25. The number of hydrogen-bond acceptors (Lipinski definition) is 4. The van der Waals surface area contributed by atoms with Crippen molar-refractivity contribution in [3.63, 3.8) is 0 Å². The van der Waals surface area contributed by atoms with Gasteiger partial charge in [0, 0.05) is 6.04 Å². The first-order valence-corrected chi connectivity index (χ1v) is 9.15. The first-order valence-electron chi connectivity index (χ1n) is 7.67. The number of ether oxygens (including phenoxy) is 1. The number of likely N-dealkylation sites (tertiary alicyclic amines) is 1. The van der Waals surface area contributed by atoms with E-state index in [1.807, 2.05) is 0 Å². The number of benzene rings is 1. The molecule has 0 unspecified atom stereocenters. The van der Waals surface area contributed by atoms with Crippen molar-refractivity contribution in [2.24, 2.45) is 0 Å². The van der Waals surface area contributed by atoms with Gasteiger partial charge in [-0.3, -0.25) is 0 Å². The van der Waals surface area contributed by atoms with Gasteiger partial charge in [0.2, 0.25) is 10.0 Å². The van der Waals surface area contributed by atoms with Gasteiger partial charge in [-0.05, 0) is 58.0 Å². The van der Waals surface area contributed by atoms with E-state index >= 15 is 0 Å². The second-order valence-corrected chi connectivity index (χ2v) is 7.37. The van der Waals surface area contributed by atoms with Gasteiger partial charge in [0.25, 0.3) is 0 Å². The van der Waals surface area contributed by atoms with E-state index in [-0.39, 0.29) is 16.7 Å². The minimum absolute atomic E-state index is 0.270. The van der Waals surface area contributed by atoms with Crippen LogP contribution in [0, 0.1) is 0 Å². The highest BCUT2D eigenvalue weighted by Crippen LogP contribution is 2.25. The molecule has 1 heterocycles. The molecule has 1 saturated heterocycles. The van der Waals surface area contributed by atoms with Gasteiger partial charge >= 0.3 is 6.61 Å². The normalized spacial score (nSPS) is 17.6. The van der Waals surface area contributed by atoms with Gasteiger partial charge < -0.3 is 9.64 Å². The standard InChI is InChI=1S/C15H22F2N2O3S/c1-12(8-11-19-9-4-5-10-19)18-23(20,21)14-7-3-2-6-13(14)22-15(16)17/h2-3,6-7,12,15,18H,4-5,8-11H2,1H3/t12-/m0/s1. The highest BCUT2D eigenvalue weighted by Gasteiger charge is 2.23. The fourth-order valence-corrected chi connectivity index (χ4v) is 4.05. The maximum atomic E-state index is 12.4. The summed E-state index contributed by atoms with van der Waals surface area (Å²) in [5, 5.41) is 0. The van der Waals surface area contributed by atoms with Gasteiger partial charge in [-0.15, -0.1) is 0 Å². The number of nitrogens with zero attached hydrogens (tertiary/aromatic N) is 1. The Labute approximate surface area is 135 Å². The zero-order valence-corrected chi connectivity index (χ0v) is 13.9. The molecule has 23 heavy (non-hydrogen) atoms. The molecule has 1 aromatic rings. The highest BCUT2D eigenvalue weighted by atomic mass is 32.2. The molecule has 0 bridgehead atoms. The summed E-state index contributed by atoms with van der Waals surface area (Å²) in [4.78, 5) is 2.02. The molecule has 0 aliphatic carbocycles. The first kappa shape index (κ1) is 18.1. The molecule has 1 aliphatic heterocycles. The molecule has 1 N–H and O–H groups in total. The van der Waals surface area contributed by atoms with E-state index in [0.29, 0.717) is 6.42 Å². The zero-order valence-electron chi connectivity index (χ0n) is 13.0. The molecular weight excluding hydrogens is 326 g/mol. The summed E-state index contributed by atoms with van der Waals surface area (Å²) in [6.45, 7) is 1.61. The van der Waals surface area contributed by atoms with E-state index in [2.05, 4.69) is 14.4 Å². The Bertz CT molecular complexity index is 604. The molecular formula is C15H22F2N2O3S. The van der Waals surface area contributed by atoms with Crippen LogP contribution in [0.1, 0.15) is 26.2 Å². The number of hydrogen-bond donors (Lipinski definition) is 1. The zero-order chi connectivity index (χ0) is 16.9. The third-order valence-corrected chi connectivity index (χ3v) is 5.42. The average molecular weight is 348 g/mol. The lowest BCUT2D eigenvalue weighted by molar-refractivity contribution is -0.0517. The predicted octanol–water partition coefficient (Wildman–Crippen LogP) is 2.44. The van der Waals surface area contributed by atoms with Crippen molar-refractivity contribution < 1.29 is 21.9 Å². The van der Waals surface area contributed by atoms with Crippen LogP contribution in [0.25, 0.3) is 0 Å². The van der Waals surface area contributed by atoms with Crippen LogP contribution in [-0.2, 0) is 10.0 Å². The minimum Gasteiger partial charge on any atom is -0.433 e. The van der Waals surface area contributed by atoms with Gasteiger partial charge in [-0.2, -0.15) is 8.78 Å². The lowest BCUT2D eigenvalue weighted by Gasteiger charge is -2.19. The van der Waals surface area contributed by atoms with Crippen LogP contribution >= 0.6 is 0 Å². The minimum atomic E-state index is -3.91. The number of nitrogens with one attached hydrogen (secondary N) is 1. The number of sulfonamides is 1. The topological polar surface area (TPSA) is 58.6 Å². The summed E-state index contributed by atoms with van der Waals surface area (Å²) in [5.41, 5.74) is 0. The summed E-state index contributed by atoms with van der Waals surface area (Å²) < 4.78 is 56.4. The summed E-state index contributed by atoms with van der Waals surface area (Å²) in [5.74, 6) is -0.346. The smallest absolute Gasteiger partial charge is 0.387 e. The molecule has 5 nitrogen and oxygen atoms in total. The van der Waals surface area contributed by atoms with Crippen LogP contribution < -0.4 is 9.46 Å². The Balaban J connectivity index is 2.00. The molecule has 1 atom stereocenters. The molecule has 1 aliphatic rings. The van der Waals surface area contributed by atoms with E-state index in [1.54, 1.807) is 6.92 Å². The van der Waals surface area contributed by atoms with Gasteiger partial charge in [0.05, 0.1) is 0 Å². The monoisotopic (exact) mass is 348 g/mol. The van der Waals surface area contributed by atoms with Crippen LogP contribution in [0.5, 0.6) is 5.75 Å². The Morgan fingerprint density at radius 1 is 1.26 bits per heavy atom. The summed E-state index contributed by atoms with van der Waals surface area (Å²) in [6, 6.07) is 5.11. The van der Waals surface area contributed by atoms with Crippen molar-refractivity contribution >= 4 is 10.0 Å². The number of rotatable bonds is 8. The van der Waals surface area contributed by atoms with Gasteiger partial charge in [0.15, 0.2) is 0 Å². The molecule has 2 rings (SSSR count). The molecule has 0 aromatic heterocycles. The maximum absolute atomic E-state index is 12.4. The van der Waals surface area contributed by atoms with Crippen LogP contribution in [-0.4, -0.2) is 45.6 Å². The fourth-order valence-electron chi connectivity index (χ4n) is 2.64. The number of halogens is 2. The molecule has 130 valence electrons. The van der Waals surface area contributed by atoms with E-state index in [0.717, 1.165) is 19.6 Å². The lowest BCUT2D eigenvalue weighted by atomic mass is 10.2. The molecule has 0 spiro atoms. The lowest BCUT2D eigenvalue weighted by Crippen LogP contribution is -2.35. The van der Waals surface area contributed by atoms with Crippen LogP contribution in [0.15, 0.2) is 29.2 Å². The average Bonchev–Trinajstić information content (AvgIpc) is 2.97. The molecule has 8 heteroatoms. The highest BCUT2D eigenvalue weighted by molar-refractivity contribution is 7.89. The van der Waals surface area contributed by atoms with Crippen molar-refractivity contribution in [3.05, 3.63) is 24.3 Å². The molecule has 0 radical (unpaired) electrons. The second-order valence-electron chi connectivity index (χ2n) is 5.68. The third kappa shape index (κ3) is 5.40. The largest absolute Gasteiger partial charge is 0.433 e. The predicted molar refractivity (Wildman–Crippen MR) is 83.1 cm³/mol. The van der Waals surface area contributed by atoms with E-state index in [4.69, 9.17) is 0 Å². The van der Waals surface area contributed by atoms with Crippen molar-refractivity contribution in [2.75, 3.05) is 19.6 Å². The SMILES string of the molecule is C[C@@H](CCN1CCCC1)NS(=O)(=O)c1ccccc1OC(F)F. The van der Waals surface area contributed by atoms with Crippen molar-refractivity contribution in [3.8, 4) is 5.75 Å². The van der Waals surface area contributed by atoms with Crippen LogP contribution in [0.4, 0.5) is 8.78 Å². The first-order chi connectivity index (χ1) is 10.9. The van der Waals surface area contributed by atoms with E-state index < -0.39 is 16.6 Å². The molecule has 0 amide bonds. The maximum Gasteiger partial charge on any atom is 0.387 e.